The molecule has 7 heteroatoms. The van der Waals surface area contributed by atoms with E-state index in [1.807, 2.05) is 30.5 Å². The Morgan fingerprint density at radius 1 is 1.35 bits per heavy atom. The summed E-state index contributed by atoms with van der Waals surface area (Å²) >= 11 is 3.40. The van der Waals surface area contributed by atoms with Gasteiger partial charge in [-0.3, -0.25) is 0 Å². The fourth-order valence-corrected chi connectivity index (χ4v) is 1.86. The largest absolute Gasteiger partial charge is 0.332 e. The molecule has 0 unspecified atom stereocenters. The van der Waals surface area contributed by atoms with Crippen LogP contribution in [0.25, 0.3) is 0 Å². The van der Waals surface area contributed by atoms with E-state index < -0.39 is 0 Å². The Morgan fingerprint density at radius 3 is 2.70 bits per heavy atom. The van der Waals surface area contributed by atoms with Crippen molar-refractivity contribution in [2.24, 2.45) is 0 Å². The summed E-state index contributed by atoms with van der Waals surface area (Å²) in [6, 6.07) is 7.89. The van der Waals surface area contributed by atoms with Crippen LogP contribution in [0, 0.1) is 0 Å². The molecule has 0 spiro atoms. The normalized spacial score (nSPS) is 10.3. The van der Waals surface area contributed by atoms with E-state index in [1.165, 1.54) is 4.90 Å². The van der Waals surface area contributed by atoms with Crippen molar-refractivity contribution >= 4 is 22.0 Å². The van der Waals surface area contributed by atoms with Gasteiger partial charge in [0.05, 0.1) is 19.3 Å². The second-order valence-corrected chi connectivity index (χ2v) is 5.50. The molecule has 1 N–H and O–H groups in total. The molecular formula is C13H16BrN5O. The lowest BCUT2D eigenvalue weighted by Crippen LogP contribution is -2.34. The Labute approximate surface area is 125 Å². The van der Waals surface area contributed by atoms with Crippen molar-refractivity contribution in [1.82, 2.24) is 25.2 Å². The number of benzene rings is 1. The molecule has 0 aliphatic carbocycles. The maximum Gasteiger partial charge on any atom is 0.317 e. The van der Waals surface area contributed by atoms with Crippen molar-refractivity contribution in [3.8, 4) is 0 Å². The zero-order valence-corrected chi connectivity index (χ0v) is 13.0. The number of carbonyl (C=O) groups excluding carboxylic acids is 1. The van der Waals surface area contributed by atoms with E-state index in [0.29, 0.717) is 13.1 Å². The number of carbonyl (C=O) groups is 1. The summed E-state index contributed by atoms with van der Waals surface area (Å²) < 4.78 is 2.80. The van der Waals surface area contributed by atoms with Crippen LogP contribution in [-0.2, 0) is 13.1 Å². The third-order valence-electron chi connectivity index (χ3n) is 2.67. The second-order valence-electron chi connectivity index (χ2n) is 4.59. The van der Waals surface area contributed by atoms with E-state index in [4.69, 9.17) is 0 Å². The van der Waals surface area contributed by atoms with Gasteiger partial charge < -0.3 is 10.2 Å². The third kappa shape index (κ3) is 4.06. The molecule has 0 aliphatic rings. The molecule has 2 aromatic rings. The average Bonchev–Trinajstić information content (AvgIpc) is 2.86. The van der Waals surface area contributed by atoms with Crippen molar-refractivity contribution in [1.29, 1.82) is 0 Å². The number of aromatic nitrogens is 3. The molecule has 1 aromatic carbocycles. The maximum atomic E-state index is 11.4. The highest BCUT2D eigenvalue weighted by atomic mass is 79.9. The van der Waals surface area contributed by atoms with Crippen LogP contribution in [-0.4, -0.2) is 40.0 Å². The van der Waals surface area contributed by atoms with Crippen molar-refractivity contribution in [2.45, 2.75) is 13.1 Å². The van der Waals surface area contributed by atoms with Gasteiger partial charge in [-0.05, 0) is 17.7 Å². The molecule has 0 radical (unpaired) electrons. The van der Waals surface area contributed by atoms with Crippen LogP contribution in [0.2, 0.25) is 0 Å². The lowest BCUT2D eigenvalue weighted by Gasteiger charge is -2.10. The molecule has 0 aliphatic heterocycles. The topological polar surface area (TPSA) is 63.1 Å². The molecule has 0 saturated heterocycles. The quantitative estimate of drug-likeness (QED) is 0.926. The van der Waals surface area contributed by atoms with Gasteiger partial charge in [0.25, 0.3) is 0 Å². The number of rotatable bonds is 4. The molecule has 0 saturated carbocycles. The Hall–Kier alpha value is -1.89. The summed E-state index contributed by atoms with van der Waals surface area (Å²) in [4.78, 5) is 12.9. The van der Waals surface area contributed by atoms with E-state index in [2.05, 4.69) is 31.6 Å². The Balaban J connectivity index is 1.92. The van der Waals surface area contributed by atoms with Crippen LogP contribution < -0.4 is 5.32 Å². The molecule has 1 aromatic heterocycles. The van der Waals surface area contributed by atoms with Crippen molar-refractivity contribution in [3.63, 3.8) is 0 Å². The fourth-order valence-electron chi connectivity index (χ4n) is 1.60. The third-order valence-corrected chi connectivity index (χ3v) is 3.20. The highest BCUT2D eigenvalue weighted by Crippen LogP contribution is 2.11. The van der Waals surface area contributed by atoms with E-state index in [0.717, 1.165) is 15.7 Å². The van der Waals surface area contributed by atoms with Gasteiger partial charge in [-0.1, -0.05) is 33.3 Å². The number of urea groups is 1. The SMILES string of the molecule is CN(C)C(=O)NCc1cn(Cc2ccc(Br)cc2)nn1. The fraction of sp³-hybridized carbons (Fsp3) is 0.308. The van der Waals surface area contributed by atoms with Gasteiger partial charge in [-0.25, -0.2) is 9.48 Å². The highest BCUT2D eigenvalue weighted by Gasteiger charge is 2.05. The van der Waals surface area contributed by atoms with Gasteiger partial charge in [-0.15, -0.1) is 5.10 Å². The molecule has 2 amide bonds. The first-order valence-electron chi connectivity index (χ1n) is 6.13. The Kier molecular flexibility index (Phi) is 4.73. The van der Waals surface area contributed by atoms with Crippen LogP contribution in [0.15, 0.2) is 34.9 Å². The van der Waals surface area contributed by atoms with Gasteiger partial charge in [0.2, 0.25) is 0 Å². The Morgan fingerprint density at radius 2 is 2.05 bits per heavy atom. The minimum atomic E-state index is -0.146. The lowest BCUT2D eigenvalue weighted by atomic mass is 10.2. The van der Waals surface area contributed by atoms with Crippen LogP contribution >= 0.6 is 15.9 Å². The first-order valence-corrected chi connectivity index (χ1v) is 6.92. The van der Waals surface area contributed by atoms with E-state index in [-0.39, 0.29) is 6.03 Å². The van der Waals surface area contributed by atoms with Gasteiger partial charge in [0.15, 0.2) is 0 Å². The van der Waals surface area contributed by atoms with Crippen molar-refractivity contribution in [2.75, 3.05) is 14.1 Å². The van der Waals surface area contributed by atoms with E-state index in [1.54, 1.807) is 18.8 Å². The number of hydrogen-bond donors (Lipinski definition) is 1. The number of nitrogens with one attached hydrogen (secondary N) is 1. The number of amides is 2. The average molecular weight is 338 g/mol. The summed E-state index contributed by atoms with van der Waals surface area (Å²) in [6.45, 7) is 1.03. The molecule has 0 fully saturated rings. The van der Waals surface area contributed by atoms with Crippen molar-refractivity contribution in [3.05, 3.63) is 46.2 Å². The molecule has 0 bridgehead atoms. The minimum absolute atomic E-state index is 0.146. The van der Waals surface area contributed by atoms with E-state index >= 15 is 0 Å². The zero-order chi connectivity index (χ0) is 14.5. The molecule has 0 atom stereocenters. The molecule has 20 heavy (non-hydrogen) atoms. The predicted molar refractivity (Wildman–Crippen MR) is 79.2 cm³/mol. The number of halogens is 1. The first kappa shape index (κ1) is 14.5. The summed E-state index contributed by atoms with van der Waals surface area (Å²) in [7, 11) is 3.39. The van der Waals surface area contributed by atoms with Crippen LogP contribution in [0.3, 0.4) is 0 Å². The van der Waals surface area contributed by atoms with Crippen molar-refractivity contribution < 1.29 is 4.79 Å². The van der Waals surface area contributed by atoms with Crippen LogP contribution in [0.4, 0.5) is 4.79 Å². The lowest BCUT2D eigenvalue weighted by molar-refractivity contribution is 0.217. The molecular weight excluding hydrogens is 322 g/mol. The van der Waals surface area contributed by atoms with Gasteiger partial charge in [0, 0.05) is 18.6 Å². The van der Waals surface area contributed by atoms with Gasteiger partial charge in [0.1, 0.15) is 5.69 Å². The standard InChI is InChI=1S/C13H16BrN5O/c1-18(2)13(20)15-7-12-9-19(17-16-12)8-10-3-5-11(14)6-4-10/h3-6,9H,7-8H2,1-2H3,(H,15,20). The number of hydrogen-bond acceptors (Lipinski definition) is 3. The minimum Gasteiger partial charge on any atom is -0.332 e. The predicted octanol–water partition coefficient (Wildman–Crippen LogP) is 1.86. The van der Waals surface area contributed by atoms with Crippen LogP contribution in [0.5, 0.6) is 0 Å². The zero-order valence-electron chi connectivity index (χ0n) is 11.4. The molecule has 106 valence electrons. The molecule has 6 nitrogen and oxygen atoms in total. The summed E-state index contributed by atoms with van der Waals surface area (Å²) in [5, 5.41) is 10.8. The first-order chi connectivity index (χ1) is 9.54. The Bertz CT molecular complexity index is 579. The monoisotopic (exact) mass is 337 g/mol. The van der Waals surface area contributed by atoms with Crippen LogP contribution in [0.1, 0.15) is 11.3 Å². The summed E-state index contributed by atoms with van der Waals surface area (Å²) in [6.07, 6.45) is 1.83. The van der Waals surface area contributed by atoms with Gasteiger partial charge >= 0.3 is 6.03 Å². The maximum absolute atomic E-state index is 11.4. The second kappa shape index (κ2) is 6.51. The smallest absolute Gasteiger partial charge is 0.317 e. The van der Waals surface area contributed by atoms with E-state index in [9.17, 15) is 4.79 Å². The summed E-state index contributed by atoms with van der Waals surface area (Å²) in [5.41, 5.74) is 1.87. The summed E-state index contributed by atoms with van der Waals surface area (Å²) in [5.74, 6) is 0. The molecule has 1 heterocycles. The highest BCUT2D eigenvalue weighted by molar-refractivity contribution is 9.10. The number of nitrogens with zero attached hydrogens (tertiary/aromatic N) is 4. The molecule has 2 rings (SSSR count). The van der Waals surface area contributed by atoms with Gasteiger partial charge in [-0.2, -0.15) is 0 Å².